The fourth-order valence-corrected chi connectivity index (χ4v) is 3.79. The average molecular weight is 425 g/mol. The van der Waals surface area contributed by atoms with Crippen molar-refractivity contribution in [1.29, 1.82) is 0 Å². The van der Waals surface area contributed by atoms with Gasteiger partial charge in [-0.1, -0.05) is 36.4 Å². The summed E-state index contributed by atoms with van der Waals surface area (Å²) < 4.78 is 38.6. The van der Waals surface area contributed by atoms with Crippen LogP contribution in [0.25, 0.3) is 11.1 Å². The standard InChI is InChI=1S/C24H22F3N3O/c25-24(26,27)20-9-7-19(8-10-20)21-5-1-2-6-22(21)23(31)30-14-12-29(13-15-30)17-18-4-3-11-28-16-18/h1-11,16H,12-15,17H2. The number of carbonyl (C=O) groups is 1. The number of halogens is 3. The highest BCUT2D eigenvalue weighted by atomic mass is 19.4. The largest absolute Gasteiger partial charge is 0.416 e. The van der Waals surface area contributed by atoms with E-state index in [4.69, 9.17) is 0 Å². The maximum absolute atomic E-state index is 13.2. The summed E-state index contributed by atoms with van der Waals surface area (Å²) in [6, 6.07) is 15.9. The number of nitrogens with zero attached hydrogens (tertiary/aromatic N) is 3. The van der Waals surface area contributed by atoms with Gasteiger partial charge in [-0.25, -0.2) is 0 Å². The van der Waals surface area contributed by atoms with E-state index in [1.807, 2.05) is 23.2 Å². The third-order valence-corrected chi connectivity index (χ3v) is 5.47. The Morgan fingerprint density at radius 2 is 1.61 bits per heavy atom. The van der Waals surface area contributed by atoms with Gasteiger partial charge in [0.1, 0.15) is 0 Å². The lowest BCUT2D eigenvalue weighted by Crippen LogP contribution is -2.48. The van der Waals surface area contributed by atoms with Gasteiger partial charge in [0.05, 0.1) is 5.56 Å². The Morgan fingerprint density at radius 3 is 2.26 bits per heavy atom. The number of carbonyl (C=O) groups excluding carboxylic acids is 1. The third-order valence-electron chi connectivity index (χ3n) is 5.47. The molecule has 0 atom stereocenters. The molecular formula is C24H22F3N3O. The fraction of sp³-hybridized carbons (Fsp3) is 0.250. The first-order valence-corrected chi connectivity index (χ1v) is 10.1. The van der Waals surface area contributed by atoms with Crippen molar-refractivity contribution in [2.24, 2.45) is 0 Å². The van der Waals surface area contributed by atoms with Crippen LogP contribution in [0, 0.1) is 0 Å². The van der Waals surface area contributed by atoms with E-state index in [0.29, 0.717) is 29.8 Å². The predicted molar refractivity (Wildman–Crippen MR) is 112 cm³/mol. The predicted octanol–water partition coefficient (Wildman–Crippen LogP) is 4.73. The summed E-state index contributed by atoms with van der Waals surface area (Å²) >= 11 is 0. The second-order valence-corrected chi connectivity index (χ2v) is 7.55. The molecule has 2 heterocycles. The molecule has 4 rings (SSSR count). The van der Waals surface area contributed by atoms with Crippen LogP contribution in [0.3, 0.4) is 0 Å². The quantitative estimate of drug-likeness (QED) is 0.607. The second-order valence-electron chi connectivity index (χ2n) is 7.55. The number of amides is 1. The van der Waals surface area contributed by atoms with E-state index in [1.165, 1.54) is 12.1 Å². The minimum Gasteiger partial charge on any atom is -0.336 e. The molecular weight excluding hydrogens is 403 g/mol. The maximum Gasteiger partial charge on any atom is 0.416 e. The molecule has 0 radical (unpaired) electrons. The molecule has 0 saturated carbocycles. The van der Waals surface area contributed by atoms with Crippen molar-refractivity contribution >= 4 is 5.91 Å². The molecule has 0 N–H and O–H groups in total. The van der Waals surface area contributed by atoms with Gasteiger partial charge in [0.15, 0.2) is 0 Å². The van der Waals surface area contributed by atoms with Crippen molar-refractivity contribution in [2.75, 3.05) is 26.2 Å². The van der Waals surface area contributed by atoms with E-state index >= 15 is 0 Å². The van der Waals surface area contributed by atoms with Gasteiger partial charge in [-0.2, -0.15) is 13.2 Å². The van der Waals surface area contributed by atoms with Gasteiger partial charge in [0.2, 0.25) is 0 Å². The zero-order valence-corrected chi connectivity index (χ0v) is 16.8. The lowest BCUT2D eigenvalue weighted by molar-refractivity contribution is -0.137. The summed E-state index contributed by atoms with van der Waals surface area (Å²) in [6.07, 6.45) is -0.796. The Kier molecular flexibility index (Phi) is 6.04. The van der Waals surface area contributed by atoms with Gasteiger partial charge in [-0.05, 0) is 41.0 Å². The number of hydrogen-bond acceptors (Lipinski definition) is 3. The monoisotopic (exact) mass is 425 g/mol. The number of rotatable bonds is 4. The summed E-state index contributed by atoms with van der Waals surface area (Å²) in [5.41, 5.74) is 2.16. The summed E-state index contributed by atoms with van der Waals surface area (Å²) in [4.78, 5) is 21.4. The average Bonchev–Trinajstić information content (AvgIpc) is 2.79. The Labute approximate surface area is 178 Å². The highest BCUT2D eigenvalue weighted by molar-refractivity contribution is 6.01. The van der Waals surface area contributed by atoms with Crippen LogP contribution in [0.5, 0.6) is 0 Å². The SMILES string of the molecule is O=C(c1ccccc1-c1ccc(C(F)(F)F)cc1)N1CCN(Cc2cccnc2)CC1. The van der Waals surface area contributed by atoms with E-state index in [1.54, 1.807) is 30.5 Å². The van der Waals surface area contributed by atoms with Crippen LogP contribution in [0.1, 0.15) is 21.5 Å². The molecule has 0 bridgehead atoms. The lowest BCUT2D eigenvalue weighted by Gasteiger charge is -2.35. The molecule has 1 aromatic heterocycles. The number of pyridine rings is 1. The van der Waals surface area contributed by atoms with E-state index in [-0.39, 0.29) is 5.91 Å². The molecule has 0 aliphatic carbocycles. The van der Waals surface area contributed by atoms with Crippen LogP contribution in [0.4, 0.5) is 13.2 Å². The minimum absolute atomic E-state index is 0.100. The van der Waals surface area contributed by atoms with E-state index in [9.17, 15) is 18.0 Å². The molecule has 2 aromatic carbocycles. The lowest BCUT2D eigenvalue weighted by atomic mass is 9.97. The van der Waals surface area contributed by atoms with E-state index in [2.05, 4.69) is 9.88 Å². The Morgan fingerprint density at radius 1 is 0.903 bits per heavy atom. The molecule has 1 aliphatic rings. The van der Waals surface area contributed by atoms with Gasteiger partial charge < -0.3 is 4.90 Å². The zero-order chi connectivity index (χ0) is 21.8. The summed E-state index contributed by atoms with van der Waals surface area (Å²) in [6.45, 7) is 3.49. The summed E-state index contributed by atoms with van der Waals surface area (Å²) in [7, 11) is 0. The molecule has 1 amide bonds. The van der Waals surface area contributed by atoms with Crippen LogP contribution in [-0.4, -0.2) is 46.9 Å². The number of aromatic nitrogens is 1. The fourth-order valence-electron chi connectivity index (χ4n) is 3.79. The van der Waals surface area contributed by atoms with Gasteiger partial charge >= 0.3 is 6.18 Å². The first kappa shape index (κ1) is 21.1. The molecule has 1 fully saturated rings. The summed E-state index contributed by atoms with van der Waals surface area (Å²) in [5.74, 6) is -0.100. The van der Waals surface area contributed by atoms with Crippen molar-refractivity contribution in [3.8, 4) is 11.1 Å². The molecule has 1 saturated heterocycles. The van der Waals surface area contributed by atoms with Crippen molar-refractivity contribution in [1.82, 2.24) is 14.8 Å². The maximum atomic E-state index is 13.2. The molecule has 1 aliphatic heterocycles. The van der Waals surface area contributed by atoms with Crippen molar-refractivity contribution in [2.45, 2.75) is 12.7 Å². The van der Waals surface area contributed by atoms with Gasteiger partial charge in [0.25, 0.3) is 5.91 Å². The highest BCUT2D eigenvalue weighted by Gasteiger charge is 2.30. The Bertz CT molecular complexity index is 1030. The van der Waals surface area contributed by atoms with E-state index in [0.717, 1.165) is 37.3 Å². The molecule has 0 unspecified atom stereocenters. The van der Waals surface area contributed by atoms with E-state index < -0.39 is 11.7 Å². The molecule has 3 aromatic rings. The first-order valence-electron chi connectivity index (χ1n) is 10.1. The van der Waals surface area contributed by atoms with Crippen molar-refractivity contribution < 1.29 is 18.0 Å². The van der Waals surface area contributed by atoms with Gasteiger partial charge in [0, 0.05) is 50.7 Å². The molecule has 31 heavy (non-hydrogen) atoms. The highest BCUT2D eigenvalue weighted by Crippen LogP contribution is 2.32. The van der Waals surface area contributed by atoms with Gasteiger partial charge in [-0.3, -0.25) is 14.7 Å². The van der Waals surface area contributed by atoms with Crippen LogP contribution in [-0.2, 0) is 12.7 Å². The molecule has 0 spiro atoms. The van der Waals surface area contributed by atoms with Gasteiger partial charge in [-0.15, -0.1) is 0 Å². The number of hydrogen-bond donors (Lipinski definition) is 0. The zero-order valence-electron chi connectivity index (χ0n) is 16.8. The molecule has 4 nitrogen and oxygen atoms in total. The van der Waals surface area contributed by atoms with Crippen LogP contribution in [0.15, 0.2) is 73.1 Å². The number of benzene rings is 2. The Balaban J connectivity index is 1.46. The molecule has 160 valence electrons. The molecule has 7 heteroatoms. The number of piperazine rings is 1. The smallest absolute Gasteiger partial charge is 0.336 e. The second kappa shape index (κ2) is 8.89. The Hall–Kier alpha value is -3.19. The normalized spacial score (nSPS) is 15.1. The topological polar surface area (TPSA) is 36.4 Å². The van der Waals surface area contributed by atoms with Crippen LogP contribution in [0.2, 0.25) is 0 Å². The van der Waals surface area contributed by atoms with Crippen LogP contribution >= 0.6 is 0 Å². The van der Waals surface area contributed by atoms with Crippen molar-refractivity contribution in [3.05, 3.63) is 89.7 Å². The first-order chi connectivity index (χ1) is 14.9. The minimum atomic E-state index is -4.39. The van der Waals surface area contributed by atoms with Crippen LogP contribution < -0.4 is 0 Å². The van der Waals surface area contributed by atoms with Crippen molar-refractivity contribution in [3.63, 3.8) is 0 Å². The third kappa shape index (κ3) is 4.94. The number of alkyl halides is 3. The summed E-state index contributed by atoms with van der Waals surface area (Å²) in [5, 5.41) is 0.